The van der Waals surface area contributed by atoms with E-state index in [2.05, 4.69) is 25.3 Å². The van der Waals surface area contributed by atoms with E-state index in [1.807, 2.05) is 0 Å². The van der Waals surface area contributed by atoms with Gasteiger partial charge < -0.3 is 5.11 Å². The van der Waals surface area contributed by atoms with Crippen LogP contribution in [0, 0.1) is 0 Å². The lowest BCUT2D eigenvalue weighted by molar-refractivity contribution is 0.222. The minimum absolute atomic E-state index is 0.556. The Morgan fingerprint density at radius 2 is 2.30 bits per heavy atom. The highest BCUT2D eigenvalue weighted by molar-refractivity contribution is 8.49. The third kappa shape index (κ3) is 1.55. The molecule has 1 unspecified atom stereocenters. The zero-order valence-electron chi connectivity index (χ0n) is 4.64. The molecule has 0 radical (unpaired) electrons. The van der Waals surface area contributed by atoms with Crippen molar-refractivity contribution in [2.45, 2.75) is 0 Å². The van der Waals surface area contributed by atoms with Crippen molar-refractivity contribution in [1.82, 2.24) is 0 Å². The van der Waals surface area contributed by atoms with Crippen LogP contribution in [0.25, 0.3) is 0 Å². The van der Waals surface area contributed by atoms with E-state index in [-0.39, 0.29) is 0 Å². The van der Waals surface area contributed by atoms with E-state index < -0.39 is 15.8 Å². The zero-order valence-corrected chi connectivity index (χ0v) is 8.07. The monoisotopic (exact) mass is 212 g/mol. The van der Waals surface area contributed by atoms with Gasteiger partial charge in [-0.1, -0.05) is 11.8 Å². The molecule has 6 heteroatoms. The molecule has 0 aliphatic carbocycles. The second-order valence-electron chi connectivity index (χ2n) is 1.43. The van der Waals surface area contributed by atoms with Crippen LogP contribution in [0.3, 0.4) is 0 Å². The van der Waals surface area contributed by atoms with Crippen molar-refractivity contribution < 1.29 is 9.90 Å². The van der Waals surface area contributed by atoms with Gasteiger partial charge in [-0.15, -0.1) is 25.3 Å². The van der Waals surface area contributed by atoms with E-state index in [1.54, 1.807) is 4.70 Å². The molecule has 1 atom stereocenters. The first-order valence-corrected chi connectivity index (χ1v) is 5.27. The van der Waals surface area contributed by atoms with Crippen LogP contribution in [0.4, 0.5) is 4.79 Å². The van der Waals surface area contributed by atoms with E-state index in [9.17, 15) is 4.79 Å². The lowest BCUT2D eigenvalue weighted by Gasteiger charge is -1.94. The van der Waals surface area contributed by atoms with Crippen molar-refractivity contribution >= 4 is 57.5 Å². The van der Waals surface area contributed by atoms with Gasteiger partial charge in [-0.3, -0.25) is 0 Å². The number of carbonyl (C=O) groups is 1. The van der Waals surface area contributed by atoms with Crippen molar-refractivity contribution in [1.29, 1.82) is 0 Å². The van der Waals surface area contributed by atoms with Crippen molar-refractivity contribution in [3.63, 3.8) is 0 Å². The molecular formula is C4H4O2S4. The number of thioether (sulfide) groups is 1. The van der Waals surface area contributed by atoms with E-state index in [0.717, 1.165) is 0 Å². The van der Waals surface area contributed by atoms with Crippen molar-refractivity contribution in [3.05, 3.63) is 8.47 Å². The van der Waals surface area contributed by atoms with Crippen LogP contribution in [-0.4, -0.2) is 15.1 Å². The lowest BCUT2D eigenvalue weighted by Crippen LogP contribution is -1.85. The summed E-state index contributed by atoms with van der Waals surface area (Å²) in [5, 5.41) is 7.71. The summed E-state index contributed by atoms with van der Waals surface area (Å²) in [5.74, 6) is 0. The Balaban J connectivity index is 2.93. The number of carboxylic acid groups (broad SMARTS) is 1. The molecule has 0 aromatic rings. The molecule has 2 nitrogen and oxygen atoms in total. The minimum Gasteiger partial charge on any atom is -0.473 e. The maximum absolute atomic E-state index is 10.4. The lowest BCUT2D eigenvalue weighted by atomic mass is 11.2. The van der Waals surface area contributed by atoms with Crippen LogP contribution < -0.4 is 0 Å². The maximum atomic E-state index is 10.4. The van der Waals surface area contributed by atoms with Gasteiger partial charge in [0.15, 0.2) is 0 Å². The molecule has 1 heterocycles. The highest BCUT2D eigenvalue weighted by Gasteiger charge is 2.17. The first-order valence-electron chi connectivity index (χ1n) is 2.21. The van der Waals surface area contributed by atoms with E-state index in [0.29, 0.717) is 8.47 Å². The van der Waals surface area contributed by atoms with E-state index >= 15 is 0 Å². The Morgan fingerprint density at radius 3 is 2.50 bits per heavy atom. The van der Waals surface area contributed by atoms with Crippen LogP contribution in [0.15, 0.2) is 8.47 Å². The quantitative estimate of drug-likeness (QED) is 0.426. The third-order valence-electron chi connectivity index (χ3n) is 0.835. The van der Waals surface area contributed by atoms with Crippen LogP contribution in [0.1, 0.15) is 0 Å². The summed E-state index contributed by atoms with van der Waals surface area (Å²) in [6.45, 7) is 0. The van der Waals surface area contributed by atoms with Crippen LogP contribution in [-0.2, 0) is 0 Å². The molecule has 0 saturated carbocycles. The van der Waals surface area contributed by atoms with Gasteiger partial charge in [0.2, 0.25) is 0 Å². The van der Waals surface area contributed by atoms with Crippen molar-refractivity contribution in [2.75, 3.05) is 0 Å². The van der Waals surface area contributed by atoms with Gasteiger partial charge in [0.05, 0.1) is 8.47 Å². The number of hydrogen-bond acceptors (Lipinski definition) is 4. The average molecular weight is 212 g/mol. The smallest absolute Gasteiger partial charge is 0.364 e. The van der Waals surface area contributed by atoms with Gasteiger partial charge >= 0.3 is 5.30 Å². The molecule has 1 aliphatic heterocycles. The summed E-state index contributed by atoms with van der Waals surface area (Å²) in [4.78, 5) is 10.4. The fraction of sp³-hybridized carbons (Fsp3) is 0. The Labute approximate surface area is 75.8 Å². The third-order valence-corrected chi connectivity index (χ3v) is 5.38. The Morgan fingerprint density at radius 1 is 1.70 bits per heavy atom. The molecule has 0 saturated heterocycles. The standard InChI is InChI=1S/C4H4O2S4/c5-4(6)10-1-9-2(7)3(10)8/h1,7-8H,(H,5,6). The Kier molecular flexibility index (Phi) is 2.79. The van der Waals surface area contributed by atoms with Gasteiger partial charge in [0, 0.05) is 4.70 Å². The summed E-state index contributed by atoms with van der Waals surface area (Å²) in [6, 6.07) is 0. The van der Waals surface area contributed by atoms with Gasteiger partial charge in [-0.2, -0.15) is 0 Å². The minimum atomic E-state index is -0.846. The van der Waals surface area contributed by atoms with Crippen molar-refractivity contribution in [3.8, 4) is 0 Å². The normalized spacial score (nSPS) is 24.8. The number of thiol groups is 2. The number of rotatable bonds is 0. The fourth-order valence-electron chi connectivity index (χ4n) is 0.408. The summed E-state index contributed by atoms with van der Waals surface area (Å²) in [6.07, 6.45) is 0. The predicted octanol–water partition coefficient (Wildman–Crippen LogP) is 2.43. The second kappa shape index (κ2) is 3.25. The average Bonchev–Trinajstić information content (AvgIpc) is 2.14. The molecule has 1 rings (SSSR count). The topological polar surface area (TPSA) is 37.3 Å². The second-order valence-corrected chi connectivity index (χ2v) is 5.77. The highest BCUT2D eigenvalue weighted by atomic mass is 32.2. The zero-order chi connectivity index (χ0) is 7.72. The Bertz CT molecular complexity index is 242. The molecule has 0 spiro atoms. The van der Waals surface area contributed by atoms with Crippen LogP contribution in [0.2, 0.25) is 0 Å². The SMILES string of the molecule is O=C(O)S1=CSC(S)=C1S. The van der Waals surface area contributed by atoms with Gasteiger partial charge in [-0.05, 0) is 10.5 Å². The molecule has 0 aromatic heterocycles. The fourth-order valence-corrected chi connectivity index (χ4v) is 4.18. The van der Waals surface area contributed by atoms with Gasteiger partial charge in [0.25, 0.3) is 0 Å². The summed E-state index contributed by atoms with van der Waals surface area (Å²) < 4.78 is 2.88. The Hall–Kier alpha value is 0.480. The largest absolute Gasteiger partial charge is 0.473 e. The molecule has 0 fully saturated rings. The molecule has 56 valence electrons. The molecule has 1 aliphatic rings. The van der Waals surface area contributed by atoms with Crippen LogP contribution >= 0.6 is 47.5 Å². The molecule has 10 heavy (non-hydrogen) atoms. The van der Waals surface area contributed by atoms with Gasteiger partial charge in [0.1, 0.15) is 0 Å². The summed E-state index contributed by atoms with van der Waals surface area (Å²) >= 11 is 9.34. The molecule has 0 bridgehead atoms. The van der Waals surface area contributed by atoms with Crippen molar-refractivity contribution in [2.24, 2.45) is 0 Å². The molecule has 1 N–H and O–H groups in total. The summed E-state index contributed by atoms with van der Waals surface area (Å²) in [5.41, 5.74) is 0. The predicted molar refractivity (Wildman–Crippen MR) is 54.3 cm³/mol. The molecule has 0 aromatic carbocycles. The first kappa shape index (κ1) is 8.58. The van der Waals surface area contributed by atoms with Crippen LogP contribution in [0.5, 0.6) is 0 Å². The maximum Gasteiger partial charge on any atom is 0.364 e. The molecular weight excluding hydrogens is 208 g/mol. The number of hydrogen-bond donors (Lipinski definition) is 3. The van der Waals surface area contributed by atoms with E-state index in [4.69, 9.17) is 5.11 Å². The molecule has 0 amide bonds. The van der Waals surface area contributed by atoms with E-state index in [1.165, 1.54) is 11.8 Å². The summed E-state index contributed by atoms with van der Waals surface area (Å²) in [7, 11) is -0.832. The highest BCUT2D eigenvalue weighted by Crippen LogP contribution is 2.44. The first-order chi connectivity index (χ1) is 4.63. The van der Waals surface area contributed by atoms with Gasteiger partial charge in [-0.25, -0.2) is 4.79 Å².